The van der Waals surface area contributed by atoms with Crippen LogP contribution in [-0.2, 0) is 0 Å². The Bertz CT molecular complexity index is 363. The Morgan fingerprint density at radius 1 is 1.29 bits per heavy atom. The fourth-order valence-corrected chi connectivity index (χ4v) is 1.06. The van der Waals surface area contributed by atoms with Crippen LogP contribution < -0.4 is 15.2 Å². The first kappa shape index (κ1) is 10.4. The predicted octanol–water partition coefficient (Wildman–Crippen LogP) is 1.01. The Hall–Kier alpha value is -1.66. The molecule has 0 amide bonds. The number of nitrogens with two attached hydrogens (primary N) is 1. The second-order valence-corrected chi connectivity index (χ2v) is 2.57. The van der Waals surface area contributed by atoms with Gasteiger partial charge in [0.25, 0.3) is 0 Å². The molecule has 0 aliphatic rings. The molecule has 0 fully saturated rings. The molecule has 74 valence electrons. The van der Waals surface area contributed by atoms with E-state index in [9.17, 15) is 0 Å². The highest BCUT2D eigenvalue weighted by molar-refractivity contribution is 5.50. The van der Waals surface area contributed by atoms with Crippen LogP contribution in [0.4, 0.5) is 0 Å². The van der Waals surface area contributed by atoms with Crippen molar-refractivity contribution in [2.75, 3.05) is 20.8 Å². The smallest absolute Gasteiger partial charge is 0.134 e. The Balaban J connectivity index is 3.08. The maximum absolute atomic E-state index is 5.29. The van der Waals surface area contributed by atoms with Crippen LogP contribution in [0.25, 0.3) is 0 Å². The van der Waals surface area contributed by atoms with Crippen LogP contribution in [0.3, 0.4) is 0 Å². The van der Waals surface area contributed by atoms with Crippen LogP contribution >= 0.6 is 0 Å². The molecule has 0 saturated heterocycles. The monoisotopic (exact) mass is 191 g/mol. The Morgan fingerprint density at radius 2 is 2.07 bits per heavy atom. The van der Waals surface area contributed by atoms with E-state index in [4.69, 9.17) is 15.2 Å². The van der Waals surface area contributed by atoms with Crippen LogP contribution in [-0.4, -0.2) is 20.8 Å². The summed E-state index contributed by atoms with van der Waals surface area (Å²) in [6.45, 7) is 0.334. The minimum atomic E-state index is 0.334. The number of rotatable bonds is 2. The minimum absolute atomic E-state index is 0.334. The third-order valence-corrected chi connectivity index (χ3v) is 1.73. The molecule has 0 bridgehead atoms. The zero-order valence-corrected chi connectivity index (χ0v) is 8.33. The van der Waals surface area contributed by atoms with E-state index >= 15 is 0 Å². The summed E-state index contributed by atoms with van der Waals surface area (Å²) in [6, 6.07) is 5.47. The summed E-state index contributed by atoms with van der Waals surface area (Å²) in [5.41, 5.74) is 6.08. The van der Waals surface area contributed by atoms with Gasteiger partial charge >= 0.3 is 0 Å². The van der Waals surface area contributed by atoms with Crippen LogP contribution in [0, 0.1) is 11.8 Å². The first-order chi connectivity index (χ1) is 6.81. The Morgan fingerprint density at radius 3 is 2.64 bits per heavy atom. The van der Waals surface area contributed by atoms with Gasteiger partial charge in [0.05, 0.1) is 26.3 Å². The van der Waals surface area contributed by atoms with Gasteiger partial charge in [-0.1, -0.05) is 11.8 Å². The van der Waals surface area contributed by atoms with Crippen molar-refractivity contribution in [2.45, 2.75) is 0 Å². The fourth-order valence-electron chi connectivity index (χ4n) is 1.06. The number of benzene rings is 1. The van der Waals surface area contributed by atoms with E-state index in [-0.39, 0.29) is 0 Å². The second kappa shape index (κ2) is 5.15. The standard InChI is InChI=1S/C11H13NO2/c1-13-10-5-6-11(14-2)9(8-10)4-3-7-12/h5-6,8H,7,12H2,1-2H3. The molecule has 14 heavy (non-hydrogen) atoms. The molecule has 0 heterocycles. The van der Waals surface area contributed by atoms with E-state index in [1.807, 2.05) is 18.2 Å². The summed E-state index contributed by atoms with van der Waals surface area (Å²) >= 11 is 0. The van der Waals surface area contributed by atoms with Crippen molar-refractivity contribution < 1.29 is 9.47 Å². The summed E-state index contributed by atoms with van der Waals surface area (Å²) in [5, 5.41) is 0. The van der Waals surface area contributed by atoms with Gasteiger partial charge in [0.1, 0.15) is 11.5 Å². The van der Waals surface area contributed by atoms with Gasteiger partial charge in [-0.05, 0) is 18.2 Å². The van der Waals surface area contributed by atoms with Gasteiger partial charge in [0.2, 0.25) is 0 Å². The van der Waals surface area contributed by atoms with Crippen LogP contribution in [0.1, 0.15) is 5.56 Å². The Labute approximate surface area is 83.8 Å². The summed E-state index contributed by atoms with van der Waals surface area (Å²) < 4.78 is 10.2. The van der Waals surface area contributed by atoms with Gasteiger partial charge in [-0.2, -0.15) is 0 Å². The lowest BCUT2D eigenvalue weighted by Gasteiger charge is -2.05. The minimum Gasteiger partial charge on any atom is -0.497 e. The van der Waals surface area contributed by atoms with E-state index in [1.54, 1.807) is 14.2 Å². The topological polar surface area (TPSA) is 44.5 Å². The largest absolute Gasteiger partial charge is 0.497 e. The second-order valence-electron chi connectivity index (χ2n) is 2.57. The summed E-state index contributed by atoms with van der Waals surface area (Å²) in [6.07, 6.45) is 0. The molecule has 0 radical (unpaired) electrons. The van der Waals surface area contributed by atoms with Crippen molar-refractivity contribution in [2.24, 2.45) is 5.73 Å². The third kappa shape index (κ3) is 2.41. The van der Waals surface area contributed by atoms with Gasteiger partial charge in [-0.15, -0.1) is 0 Å². The average molecular weight is 191 g/mol. The van der Waals surface area contributed by atoms with Crippen molar-refractivity contribution >= 4 is 0 Å². The molecule has 0 aromatic heterocycles. The quantitative estimate of drug-likeness (QED) is 0.710. The van der Waals surface area contributed by atoms with E-state index in [2.05, 4.69) is 11.8 Å². The van der Waals surface area contributed by atoms with E-state index < -0.39 is 0 Å². The maximum atomic E-state index is 5.29. The molecule has 0 atom stereocenters. The first-order valence-corrected chi connectivity index (χ1v) is 4.22. The van der Waals surface area contributed by atoms with Crippen molar-refractivity contribution in [1.29, 1.82) is 0 Å². The molecular formula is C11H13NO2. The number of hydrogen-bond donors (Lipinski definition) is 1. The highest BCUT2D eigenvalue weighted by atomic mass is 16.5. The molecule has 2 N–H and O–H groups in total. The van der Waals surface area contributed by atoms with Gasteiger partial charge in [0, 0.05) is 0 Å². The number of hydrogen-bond acceptors (Lipinski definition) is 3. The van der Waals surface area contributed by atoms with Gasteiger partial charge in [0.15, 0.2) is 0 Å². The zero-order valence-electron chi connectivity index (χ0n) is 8.33. The highest BCUT2D eigenvalue weighted by Crippen LogP contribution is 2.22. The van der Waals surface area contributed by atoms with E-state index in [0.717, 1.165) is 17.1 Å². The molecule has 0 saturated carbocycles. The van der Waals surface area contributed by atoms with Gasteiger partial charge in [-0.3, -0.25) is 0 Å². The average Bonchev–Trinajstić information content (AvgIpc) is 2.25. The predicted molar refractivity (Wildman–Crippen MR) is 55.5 cm³/mol. The summed E-state index contributed by atoms with van der Waals surface area (Å²) in [5.74, 6) is 7.18. The molecule has 0 aliphatic heterocycles. The molecule has 1 rings (SSSR count). The first-order valence-electron chi connectivity index (χ1n) is 4.22. The summed E-state index contributed by atoms with van der Waals surface area (Å²) in [7, 11) is 3.22. The van der Waals surface area contributed by atoms with Crippen LogP contribution in [0.2, 0.25) is 0 Å². The maximum Gasteiger partial charge on any atom is 0.134 e. The normalized spacial score (nSPS) is 8.79. The fraction of sp³-hybridized carbons (Fsp3) is 0.273. The highest BCUT2D eigenvalue weighted by Gasteiger charge is 2.01. The molecular weight excluding hydrogens is 178 g/mol. The molecule has 1 aromatic carbocycles. The molecule has 1 aromatic rings. The van der Waals surface area contributed by atoms with E-state index in [0.29, 0.717) is 6.54 Å². The SMILES string of the molecule is COc1ccc(OC)c(C#CCN)c1. The van der Waals surface area contributed by atoms with Gasteiger partial charge < -0.3 is 15.2 Å². The van der Waals surface area contributed by atoms with Crippen LogP contribution in [0.15, 0.2) is 18.2 Å². The third-order valence-electron chi connectivity index (χ3n) is 1.73. The van der Waals surface area contributed by atoms with Gasteiger partial charge in [-0.25, -0.2) is 0 Å². The lowest BCUT2D eigenvalue weighted by Crippen LogP contribution is -1.94. The zero-order chi connectivity index (χ0) is 10.4. The van der Waals surface area contributed by atoms with Crippen molar-refractivity contribution in [3.8, 4) is 23.3 Å². The molecule has 0 unspecified atom stereocenters. The van der Waals surface area contributed by atoms with E-state index in [1.165, 1.54) is 0 Å². The molecule has 0 aliphatic carbocycles. The molecule has 0 spiro atoms. The molecule has 3 nitrogen and oxygen atoms in total. The molecule has 3 heteroatoms. The van der Waals surface area contributed by atoms with Crippen LogP contribution in [0.5, 0.6) is 11.5 Å². The van der Waals surface area contributed by atoms with Crippen molar-refractivity contribution in [1.82, 2.24) is 0 Å². The Kier molecular flexibility index (Phi) is 3.84. The lowest BCUT2D eigenvalue weighted by molar-refractivity contribution is 0.402. The van der Waals surface area contributed by atoms with Crippen molar-refractivity contribution in [3.63, 3.8) is 0 Å². The number of methoxy groups -OCH3 is 2. The van der Waals surface area contributed by atoms with Crippen molar-refractivity contribution in [3.05, 3.63) is 23.8 Å². The summed E-state index contributed by atoms with van der Waals surface area (Å²) in [4.78, 5) is 0. The lowest BCUT2D eigenvalue weighted by atomic mass is 10.2. The number of ether oxygens (including phenoxy) is 2.